The van der Waals surface area contributed by atoms with Gasteiger partial charge in [-0.1, -0.05) is 18.2 Å². The van der Waals surface area contributed by atoms with Crippen molar-refractivity contribution in [3.05, 3.63) is 29.8 Å². The standard InChI is InChI=1S/C15H18N2O3/c18-14(19)11-5-6-12(9-11)16-15(20)17-8-7-10-3-1-2-4-13(10)17/h1-4,11-12H,5-9H2,(H,16,20)(H,18,19). The number of carbonyl (C=O) groups excluding carboxylic acids is 1. The van der Waals surface area contributed by atoms with Gasteiger partial charge in [0.25, 0.3) is 0 Å². The summed E-state index contributed by atoms with van der Waals surface area (Å²) in [5.41, 5.74) is 2.16. The molecule has 2 unspecified atom stereocenters. The largest absolute Gasteiger partial charge is 0.481 e. The lowest BCUT2D eigenvalue weighted by Crippen LogP contribution is -2.43. The van der Waals surface area contributed by atoms with Crippen LogP contribution < -0.4 is 10.2 Å². The van der Waals surface area contributed by atoms with Crippen LogP contribution in [0.2, 0.25) is 0 Å². The van der Waals surface area contributed by atoms with Crippen LogP contribution in [0.3, 0.4) is 0 Å². The lowest BCUT2D eigenvalue weighted by Gasteiger charge is -2.21. The number of aliphatic carboxylic acids is 1. The van der Waals surface area contributed by atoms with Gasteiger partial charge >= 0.3 is 12.0 Å². The molecule has 0 radical (unpaired) electrons. The Morgan fingerprint density at radius 2 is 2.05 bits per heavy atom. The summed E-state index contributed by atoms with van der Waals surface area (Å²) in [7, 11) is 0. The number of carbonyl (C=O) groups is 2. The average molecular weight is 274 g/mol. The maximum absolute atomic E-state index is 12.3. The monoisotopic (exact) mass is 274 g/mol. The van der Waals surface area contributed by atoms with Crippen LogP contribution in [-0.4, -0.2) is 29.7 Å². The van der Waals surface area contributed by atoms with Gasteiger partial charge in [-0.05, 0) is 37.3 Å². The van der Waals surface area contributed by atoms with Crippen molar-refractivity contribution in [1.29, 1.82) is 0 Å². The van der Waals surface area contributed by atoms with Gasteiger partial charge in [-0.2, -0.15) is 0 Å². The van der Waals surface area contributed by atoms with Crippen LogP contribution in [0, 0.1) is 5.92 Å². The smallest absolute Gasteiger partial charge is 0.322 e. The minimum absolute atomic E-state index is 0.0173. The molecule has 2 aliphatic rings. The molecule has 2 amide bonds. The summed E-state index contributed by atoms with van der Waals surface area (Å²) in [4.78, 5) is 25.0. The first-order chi connectivity index (χ1) is 9.65. The van der Waals surface area contributed by atoms with Crippen LogP contribution in [0.25, 0.3) is 0 Å². The molecule has 0 aromatic heterocycles. The third kappa shape index (κ3) is 2.35. The van der Waals surface area contributed by atoms with Crippen molar-refractivity contribution in [2.24, 2.45) is 5.92 Å². The summed E-state index contributed by atoms with van der Waals surface area (Å²) >= 11 is 0. The third-order valence-corrected chi connectivity index (χ3v) is 4.24. The quantitative estimate of drug-likeness (QED) is 0.866. The SMILES string of the molecule is O=C(O)C1CCC(NC(=O)N2CCc3ccccc32)C1. The molecule has 2 atom stereocenters. The topological polar surface area (TPSA) is 69.6 Å². The fourth-order valence-electron chi connectivity index (χ4n) is 3.14. The molecule has 0 spiro atoms. The van der Waals surface area contributed by atoms with Gasteiger partial charge in [0.05, 0.1) is 5.92 Å². The highest BCUT2D eigenvalue weighted by Gasteiger charge is 2.32. The van der Waals surface area contributed by atoms with E-state index in [2.05, 4.69) is 5.32 Å². The number of amides is 2. The number of rotatable bonds is 2. The number of carboxylic acid groups (broad SMARTS) is 1. The Morgan fingerprint density at radius 1 is 1.25 bits per heavy atom. The zero-order valence-electron chi connectivity index (χ0n) is 11.2. The number of para-hydroxylation sites is 1. The maximum atomic E-state index is 12.3. The van der Waals surface area contributed by atoms with E-state index in [1.54, 1.807) is 4.90 Å². The van der Waals surface area contributed by atoms with E-state index < -0.39 is 5.97 Å². The first kappa shape index (κ1) is 13.0. The van der Waals surface area contributed by atoms with Crippen LogP contribution in [0.15, 0.2) is 24.3 Å². The van der Waals surface area contributed by atoms with Gasteiger partial charge in [0.15, 0.2) is 0 Å². The Morgan fingerprint density at radius 3 is 2.80 bits per heavy atom. The van der Waals surface area contributed by atoms with Gasteiger partial charge in [-0.25, -0.2) is 4.79 Å². The molecule has 1 saturated carbocycles. The predicted octanol–water partition coefficient (Wildman–Crippen LogP) is 2.01. The van der Waals surface area contributed by atoms with Gasteiger partial charge in [0, 0.05) is 18.3 Å². The Bertz CT molecular complexity index is 544. The molecule has 1 aromatic carbocycles. The van der Waals surface area contributed by atoms with Crippen LogP contribution >= 0.6 is 0 Å². The van der Waals surface area contributed by atoms with Crippen molar-refractivity contribution < 1.29 is 14.7 Å². The predicted molar refractivity (Wildman–Crippen MR) is 74.8 cm³/mol. The summed E-state index contributed by atoms with van der Waals surface area (Å²) in [6, 6.07) is 7.78. The lowest BCUT2D eigenvalue weighted by atomic mass is 10.1. The Balaban J connectivity index is 1.63. The van der Waals surface area contributed by atoms with Crippen LogP contribution in [0.5, 0.6) is 0 Å². The number of urea groups is 1. The van der Waals surface area contributed by atoms with Crippen molar-refractivity contribution >= 4 is 17.7 Å². The number of benzene rings is 1. The average Bonchev–Trinajstić information content (AvgIpc) is 3.04. The molecule has 1 aliphatic heterocycles. The second-order valence-electron chi connectivity index (χ2n) is 5.52. The maximum Gasteiger partial charge on any atom is 0.322 e. The van der Waals surface area contributed by atoms with Crippen molar-refractivity contribution in [2.45, 2.75) is 31.7 Å². The van der Waals surface area contributed by atoms with E-state index in [9.17, 15) is 9.59 Å². The van der Waals surface area contributed by atoms with E-state index >= 15 is 0 Å². The van der Waals surface area contributed by atoms with Crippen molar-refractivity contribution in [3.8, 4) is 0 Å². The molecule has 1 fully saturated rings. The highest BCUT2D eigenvalue weighted by atomic mass is 16.4. The summed E-state index contributed by atoms with van der Waals surface area (Å²) in [5.74, 6) is -1.07. The van der Waals surface area contributed by atoms with E-state index in [0.29, 0.717) is 19.4 Å². The van der Waals surface area contributed by atoms with E-state index in [0.717, 1.165) is 18.5 Å². The lowest BCUT2D eigenvalue weighted by molar-refractivity contribution is -0.141. The first-order valence-electron chi connectivity index (χ1n) is 7.04. The zero-order valence-corrected chi connectivity index (χ0v) is 11.2. The van der Waals surface area contributed by atoms with Crippen molar-refractivity contribution in [2.75, 3.05) is 11.4 Å². The number of anilines is 1. The summed E-state index contributed by atoms with van der Waals surface area (Å²) in [5, 5.41) is 12.0. The van der Waals surface area contributed by atoms with Gasteiger partial charge in [-0.3, -0.25) is 9.69 Å². The molecule has 0 bridgehead atoms. The molecule has 1 aliphatic carbocycles. The molecule has 5 nitrogen and oxygen atoms in total. The van der Waals surface area contributed by atoms with Gasteiger partial charge in [0.1, 0.15) is 0 Å². The number of fused-ring (bicyclic) bond motifs is 1. The van der Waals surface area contributed by atoms with Gasteiger partial charge in [-0.15, -0.1) is 0 Å². The van der Waals surface area contributed by atoms with Gasteiger partial charge in [0.2, 0.25) is 0 Å². The van der Waals surface area contributed by atoms with Crippen LogP contribution in [0.4, 0.5) is 10.5 Å². The van der Waals surface area contributed by atoms with Crippen molar-refractivity contribution in [1.82, 2.24) is 5.32 Å². The van der Waals surface area contributed by atoms with Gasteiger partial charge < -0.3 is 10.4 Å². The Hall–Kier alpha value is -2.04. The summed E-state index contributed by atoms with van der Waals surface area (Å²) in [6.45, 7) is 0.695. The summed E-state index contributed by atoms with van der Waals surface area (Å²) in [6.07, 6.45) is 2.82. The minimum atomic E-state index is -0.756. The molecule has 3 rings (SSSR count). The number of nitrogens with one attached hydrogen (secondary N) is 1. The molecule has 106 valence electrons. The molecule has 5 heteroatoms. The number of hydrogen-bond acceptors (Lipinski definition) is 2. The molecular weight excluding hydrogens is 256 g/mol. The van der Waals surface area contributed by atoms with E-state index in [1.807, 2.05) is 24.3 Å². The molecular formula is C15H18N2O3. The minimum Gasteiger partial charge on any atom is -0.481 e. The number of nitrogens with zero attached hydrogens (tertiary/aromatic N) is 1. The first-order valence-corrected chi connectivity index (χ1v) is 7.04. The number of hydrogen-bond donors (Lipinski definition) is 2. The van der Waals surface area contributed by atoms with E-state index in [1.165, 1.54) is 5.56 Å². The second kappa shape index (κ2) is 5.15. The normalized spacial score (nSPS) is 24.5. The Kier molecular flexibility index (Phi) is 3.34. The highest BCUT2D eigenvalue weighted by molar-refractivity contribution is 5.94. The third-order valence-electron chi connectivity index (χ3n) is 4.24. The molecule has 2 N–H and O–H groups in total. The van der Waals surface area contributed by atoms with E-state index in [4.69, 9.17) is 5.11 Å². The van der Waals surface area contributed by atoms with Crippen LogP contribution in [0.1, 0.15) is 24.8 Å². The molecule has 1 heterocycles. The fourth-order valence-corrected chi connectivity index (χ4v) is 3.14. The second-order valence-corrected chi connectivity index (χ2v) is 5.52. The Labute approximate surface area is 117 Å². The fraction of sp³-hybridized carbons (Fsp3) is 0.467. The number of carboxylic acids is 1. The summed E-state index contributed by atoms with van der Waals surface area (Å²) < 4.78 is 0. The molecule has 1 aromatic rings. The van der Waals surface area contributed by atoms with E-state index in [-0.39, 0.29) is 18.0 Å². The molecule has 0 saturated heterocycles. The van der Waals surface area contributed by atoms with Crippen LogP contribution in [-0.2, 0) is 11.2 Å². The zero-order chi connectivity index (χ0) is 14.1. The van der Waals surface area contributed by atoms with Crippen molar-refractivity contribution in [3.63, 3.8) is 0 Å². The highest BCUT2D eigenvalue weighted by Crippen LogP contribution is 2.29. The molecule has 20 heavy (non-hydrogen) atoms.